The minimum Gasteiger partial charge on any atom is -0.395 e. The molecule has 23 heavy (non-hydrogen) atoms. The number of nitrogens with zero attached hydrogens (tertiary/aromatic N) is 2. The van der Waals surface area contributed by atoms with Crippen LogP contribution >= 0.6 is 0 Å². The Balaban J connectivity index is 2.23. The smallest absolute Gasteiger partial charge is 0.395 e. The molecule has 2 heterocycles. The number of nitrogens with two attached hydrogens (primary N) is 1. The molecule has 1 aliphatic rings. The normalized spacial score (nSPS) is 15.7. The Kier molecular flexibility index (Phi) is 2.99. The zero-order valence-electron chi connectivity index (χ0n) is 10.9. The molecule has 1 aromatic heterocycles. The van der Waals surface area contributed by atoms with Crippen LogP contribution in [0.25, 0.3) is 5.69 Å². The van der Waals surface area contributed by atoms with Crippen LogP contribution in [0, 0.1) is 0 Å². The van der Waals surface area contributed by atoms with Crippen molar-refractivity contribution in [1.82, 2.24) is 9.78 Å². The first-order chi connectivity index (χ1) is 10.6. The zero-order chi connectivity index (χ0) is 17.0. The number of para-hydroxylation sites is 1. The molecule has 0 aliphatic carbocycles. The van der Waals surface area contributed by atoms with Crippen molar-refractivity contribution in [2.75, 3.05) is 0 Å². The van der Waals surface area contributed by atoms with E-state index in [4.69, 9.17) is 5.73 Å². The average Bonchev–Trinajstić information content (AvgIpc) is 2.96. The second-order valence-corrected chi connectivity index (χ2v) is 4.45. The Bertz CT molecular complexity index is 800. The highest BCUT2D eigenvalue weighted by molar-refractivity contribution is 5.94. The lowest BCUT2D eigenvalue weighted by atomic mass is 10.2. The molecule has 0 radical (unpaired) electrons. The van der Waals surface area contributed by atoms with Gasteiger partial charge in [0, 0.05) is 0 Å². The Morgan fingerprint density at radius 2 is 1.96 bits per heavy atom. The Hall–Kier alpha value is -2.85. The number of hydrogen-bond donors (Lipinski definition) is 1. The van der Waals surface area contributed by atoms with Crippen LogP contribution in [0.1, 0.15) is 16.1 Å². The molecule has 0 saturated carbocycles. The summed E-state index contributed by atoms with van der Waals surface area (Å²) in [7, 11) is 0. The highest BCUT2D eigenvalue weighted by Crippen LogP contribution is 2.46. The predicted molar refractivity (Wildman–Crippen MR) is 63.3 cm³/mol. The Labute approximate surface area is 124 Å². The van der Waals surface area contributed by atoms with Crippen molar-refractivity contribution in [3.8, 4) is 17.2 Å². The number of amides is 1. The van der Waals surface area contributed by atoms with Gasteiger partial charge in [0.15, 0.2) is 17.2 Å². The van der Waals surface area contributed by atoms with Crippen molar-refractivity contribution in [3.63, 3.8) is 0 Å². The second-order valence-electron chi connectivity index (χ2n) is 4.45. The fraction of sp³-hybridized carbons (Fsp3) is 0.167. The maximum atomic E-state index is 13.2. The van der Waals surface area contributed by atoms with Crippen molar-refractivity contribution in [2.45, 2.75) is 12.5 Å². The van der Waals surface area contributed by atoms with Gasteiger partial charge in [0.1, 0.15) is 5.69 Å². The number of benzene rings is 1. The number of alkyl halides is 5. The summed E-state index contributed by atoms with van der Waals surface area (Å²) in [6, 6.07) is 3.31. The molecule has 11 heteroatoms. The van der Waals surface area contributed by atoms with Crippen molar-refractivity contribution in [2.24, 2.45) is 5.73 Å². The predicted octanol–water partition coefficient (Wildman–Crippen LogP) is 2.31. The third-order valence-electron chi connectivity index (χ3n) is 2.94. The Morgan fingerprint density at radius 1 is 1.26 bits per heavy atom. The van der Waals surface area contributed by atoms with Crippen molar-refractivity contribution >= 4 is 5.91 Å². The number of carbonyl (C=O) groups excluding carboxylic acids is 1. The summed E-state index contributed by atoms with van der Waals surface area (Å²) in [5.41, 5.74) is 2.01. The van der Waals surface area contributed by atoms with E-state index in [1.807, 2.05) is 0 Å². The van der Waals surface area contributed by atoms with Crippen molar-refractivity contribution < 1.29 is 36.2 Å². The lowest BCUT2D eigenvalue weighted by molar-refractivity contribution is -0.286. The van der Waals surface area contributed by atoms with Gasteiger partial charge in [-0.3, -0.25) is 4.79 Å². The Morgan fingerprint density at radius 3 is 2.57 bits per heavy atom. The van der Waals surface area contributed by atoms with Crippen LogP contribution in [0.4, 0.5) is 22.0 Å². The van der Waals surface area contributed by atoms with Crippen LogP contribution in [-0.2, 0) is 6.18 Å². The summed E-state index contributed by atoms with van der Waals surface area (Å²) in [6.07, 6.45) is -8.43. The standard InChI is InChI=1S/C12H6F5N3O3/c13-11(14,15)9-5(10(18)21)4-19-20(9)6-2-1-3-7-8(6)23-12(16,17)22-7/h1-4H,(H2,18,21). The molecule has 1 amide bonds. The van der Waals surface area contributed by atoms with Gasteiger partial charge in [0.25, 0.3) is 5.91 Å². The number of halogens is 5. The minimum atomic E-state index is -5.01. The van der Waals surface area contributed by atoms with Gasteiger partial charge in [0.2, 0.25) is 0 Å². The van der Waals surface area contributed by atoms with Crippen LogP contribution in [0.2, 0.25) is 0 Å². The number of aromatic nitrogens is 2. The van der Waals surface area contributed by atoms with E-state index < -0.39 is 46.8 Å². The molecular weight excluding hydrogens is 329 g/mol. The number of ether oxygens (including phenoxy) is 2. The van der Waals surface area contributed by atoms with E-state index >= 15 is 0 Å². The highest BCUT2D eigenvalue weighted by atomic mass is 19.4. The summed E-state index contributed by atoms with van der Waals surface area (Å²) in [5, 5.41) is 3.41. The fourth-order valence-corrected chi connectivity index (χ4v) is 2.11. The molecule has 0 bridgehead atoms. The van der Waals surface area contributed by atoms with Gasteiger partial charge < -0.3 is 15.2 Å². The first-order valence-corrected chi connectivity index (χ1v) is 5.94. The largest absolute Gasteiger partial charge is 0.586 e. The number of hydrogen-bond acceptors (Lipinski definition) is 4. The van der Waals surface area contributed by atoms with E-state index in [1.165, 1.54) is 6.07 Å². The molecule has 122 valence electrons. The molecule has 1 aliphatic heterocycles. The quantitative estimate of drug-likeness (QED) is 0.854. The lowest BCUT2D eigenvalue weighted by Crippen LogP contribution is -2.26. The average molecular weight is 335 g/mol. The molecule has 3 rings (SSSR count). The van der Waals surface area contributed by atoms with Crippen LogP contribution in [-0.4, -0.2) is 22.0 Å². The number of rotatable bonds is 2. The van der Waals surface area contributed by atoms with E-state index in [2.05, 4.69) is 14.6 Å². The summed E-state index contributed by atoms with van der Waals surface area (Å²) in [6.45, 7) is 0. The second kappa shape index (κ2) is 4.57. The van der Waals surface area contributed by atoms with Crippen LogP contribution in [0.5, 0.6) is 11.5 Å². The van der Waals surface area contributed by atoms with E-state index in [9.17, 15) is 26.7 Å². The lowest BCUT2D eigenvalue weighted by Gasteiger charge is -2.13. The first-order valence-electron chi connectivity index (χ1n) is 5.94. The molecule has 0 unspecified atom stereocenters. The maximum absolute atomic E-state index is 13.2. The first kappa shape index (κ1) is 15.1. The number of primary amides is 1. The van der Waals surface area contributed by atoms with Crippen LogP contribution < -0.4 is 15.2 Å². The third-order valence-corrected chi connectivity index (χ3v) is 2.94. The molecule has 0 spiro atoms. The number of fused-ring (bicyclic) bond motifs is 1. The minimum absolute atomic E-state index is 0.254. The van der Waals surface area contributed by atoms with Gasteiger partial charge in [-0.15, -0.1) is 8.78 Å². The molecule has 0 fully saturated rings. The molecule has 0 saturated heterocycles. The summed E-state index contributed by atoms with van der Waals surface area (Å²) < 4.78 is 74.5. The van der Waals surface area contributed by atoms with Crippen molar-refractivity contribution in [3.05, 3.63) is 35.7 Å². The van der Waals surface area contributed by atoms with Gasteiger partial charge in [-0.1, -0.05) is 6.07 Å². The van der Waals surface area contributed by atoms with Gasteiger partial charge in [-0.2, -0.15) is 18.3 Å². The molecular formula is C12H6F5N3O3. The fourth-order valence-electron chi connectivity index (χ4n) is 2.11. The molecule has 2 N–H and O–H groups in total. The third kappa shape index (κ3) is 2.43. The van der Waals surface area contributed by atoms with E-state index in [1.54, 1.807) is 0 Å². The SMILES string of the molecule is NC(=O)c1cnn(-c2cccc3c2OC(F)(F)O3)c1C(F)(F)F. The van der Waals surface area contributed by atoms with Gasteiger partial charge in [0.05, 0.1) is 11.8 Å². The zero-order valence-corrected chi connectivity index (χ0v) is 10.9. The van der Waals surface area contributed by atoms with Crippen LogP contribution in [0.15, 0.2) is 24.4 Å². The molecule has 1 aromatic carbocycles. The van der Waals surface area contributed by atoms with E-state index in [0.717, 1.165) is 12.1 Å². The monoisotopic (exact) mass is 335 g/mol. The van der Waals surface area contributed by atoms with Gasteiger partial charge >= 0.3 is 12.5 Å². The van der Waals surface area contributed by atoms with E-state index in [0.29, 0.717) is 6.20 Å². The number of carbonyl (C=O) groups is 1. The molecule has 2 aromatic rings. The van der Waals surface area contributed by atoms with Crippen LogP contribution in [0.3, 0.4) is 0 Å². The van der Waals surface area contributed by atoms with Crippen molar-refractivity contribution in [1.29, 1.82) is 0 Å². The van der Waals surface area contributed by atoms with E-state index in [-0.39, 0.29) is 4.68 Å². The highest BCUT2D eigenvalue weighted by Gasteiger charge is 2.46. The topological polar surface area (TPSA) is 79.4 Å². The maximum Gasteiger partial charge on any atom is 0.586 e. The summed E-state index contributed by atoms with van der Waals surface area (Å²) >= 11 is 0. The molecule has 0 atom stereocenters. The molecule has 6 nitrogen and oxygen atoms in total. The van der Waals surface area contributed by atoms with Gasteiger partial charge in [-0.25, -0.2) is 4.68 Å². The summed E-state index contributed by atoms with van der Waals surface area (Å²) in [5.74, 6) is -2.46. The summed E-state index contributed by atoms with van der Waals surface area (Å²) in [4.78, 5) is 11.1. The van der Waals surface area contributed by atoms with Gasteiger partial charge in [-0.05, 0) is 12.1 Å².